The second-order valence-corrected chi connectivity index (χ2v) is 5.92. The standard InChI is InChI=1S/C16H21ClN2O2/c1-11-5-3-4-6-14(11)18-19-16(20)10-21-15-8-7-13(17)9-12(15)2/h7-9,11H,3-6,10H2,1-2H3,(H,19,20)/b18-14-. The van der Waals surface area contributed by atoms with E-state index in [1.807, 2.05) is 6.92 Å². The number of halogens is 1. The summed E-state index contributed by atoms with van der Waals surface area (Å²) < 4.78 is 5.48. The molecule has 1 aromatic carbocycles. The summed E-state index contributed by atoms with van der Waals surface area (Å²) >= 11 is 5.88. The number of hydrogen-bond donors (Lipinski definition) is 1. The Bertz CT molecular complexity index is 543. The van der Waals surface area contributed by atoms with Crippen molar-refractivity contribution >= 4 is 23.2 Å². The Kier molecular flexibility index (Phi) is 5.62. The quantitative estimate of drug-likeness (QED) is 0.862. The first-order valence-corrected chi connectivity index (χ1v) is 7.68. The van der Waals surface area contributed by atoms with Gasteiger partial charge in [-0.1, -0.05) is 24.9 Å². The zero-order valence-corrected chi connectivity index (χ0v) is 13.2. The first-order valence-electron chi connectivity index (χ1n) is 7.30. The minimum atomic E-state index is -0.241. The van der Waals surface area contributed by atoms with Gasteiger partial charge in [0.2, 0.25) is 0 Å². The van der Waals surface area contributed by atoms with E-state index in [0.717, 1.165) is 30.5 Å². The number of hydrogen-bond acceptors (Lipinski definition) is 3. The average Bonchev–Trinajstić information content (AvgIpc) is 2.45. The van der Waals surface area contributed by atoms with E-state index in [1.165, 1.54) is 6.42 Å². The molecule has 1 N–H and O–H groups in total. The Morgan fingerprint density at radius 3 is 3.00 bits per heavy atom. The largest absolute Gasteiger partial charge is 0.483 e. The van der Waals surface area contributed by atoms with E-state index in [9.17, 15) is 4.79 Å². The van der Waals surface area contributed by atoms with Crippen LogP contribution in [-0.2, 0) is 4.79 Å². The van der Waals surface area contributed by atoms with Crippen LogP contribution in [0.15, 0.2) is 23.3 Å². The zero-order chi connectivity index (χ0) is 15.2. The summed E-state index contributed by atoms with van der Waals surface area (Å²) in [7, 11) is 0. The maximum atomic E-state index is 11.8. The van der Waals surface area contributed by atoms with Gasteiger partial charge in [-0.2, -0.15) is 5.10 Å². The normalized spacial score (nSPS) is 20.3. The van der Waals surface area contributed by atoms with E-state index in [0.29, 0.717) is 16.7 Å². The second-order valence-electron chi connectivity index (χ2n) is 5.48. The number of amides is 1. The number of hydrazone groups is 1. The minimum Gasteiger partial charge on any atom is -0.483 e. The molecule has 1 aromatic rings. The molecule has 1 fully saturated rings. The van der Waals surface area contributed by atoms with E-state index < -0.39 is 0 Å². The minimum absolute atomic E-state index is 0.0480. The first-order chi connectivity index (χ1) is 10.1. The van der Waals surface area contributed by atoms with Crippen LogP contribution < -0.4 is 10.2 Å². The maximum absolute atomic E-state index is 11.8. The molecule has 1 amide bonds. The fourth-order valence-electron chi connectivity index (χ4n) is 2.42. The van der Waals surface area contributed by atoms with Crippen molar-refractivity contribution in [2.45, 2.75) is 39.5 Å². The van der Waals surface area contributed by atoms with Crippen LogP contribution in [-0.4, -0.2) is 18.2 Å². The van der Waals surface area contributed by atoms with Gasteiger partial charge in [-0.3, -0.25) is 4.79 Å². The van der Waals surface area contributed by atoms with Crippen LogP contribution in [0, 0.1) is 12.8 Å². The van der Waals surface area contributed by atoms with Crippen LogP contribution in [0.5, 0.6) is 5.75 Å². The fourth-order valence-corrected chi connectivity index (χ4v) is 2.65. The molecule has 4 nitrogen and oxygen atoms in total. The molecule has 1 unspecified atom stereocenters. The maximum Gasteiger partial charge on any atom is 0.277 e. The molecule has 0 heterocycles. The summed E-state index contributed by atoms with van der Waals surface area (Å²) in [4.78, 5) is 11.8. The summed E-state index contributed by atoms with van der Waals surface area (Å²) in [6.07, 6.45) is 4.51. The third-order valence-corrected chi connectivity index (χ3v) is 3.94. The third kappa shape index (κ3) is 4.74. The van der Waals surface area contributed by atoms with Gasteiger partial charge >= 0.3 is 0 Å². The Morgan fingerprint density at radius 2 is 2.29 bits per heavy atom. The van der Waals surface area contributed by atoms with Crippen LogP contribution >= 0.6 is 11.6 Å². The number of carbonyl (C=O) groups is 1. The number of benzene rings is 1. The number of ether oxygens (including phenoxy) is 1. The van der Waals surface area contributed by atoms with Crippen molar-refractivity contribution in [2.24, 2.45) is 11.0 Å². The van der Waals surface area contributed by atoms with E-state index in [1.54, 1.807) is 18.2 Å². The van der Waals surface area contributed by atoms with Crippen molar-refractivity contribution in [1.82, 2.24) is 5.43 Å². The van der Waals surface area contributed by atoms with Crippen molar-refractivity contribution in [1.29, 1.82) is 0 Å². The molecule has 1 saturated carbocycles. The number of rotatable bonds is 4. The summed E-state index contributed by atoms with van der Waals surface area (Å²) in [5, 5.41) is 4.88. The average molecular weight is 309 g/mol. The smallest absolute Gasteiger partial charge is 0.277 e. The van der Waals surface area contributed by atoms with E-state index in [4.69, 9.17) is 16.3 Å². The van der Waals surface area contributed by atoms with Gasteiger partial charge in [0.1, 0.15) is 5.75 Å². The lowest BCUT2D eigenvalue weighted by atomic mass is 9.89. The molecule has 21 heavy (non-hydrogen) atoms. The van der Waals surface area contributed by atoms with Gasteiger partial charge in [-0.25, -0.2) is 5.43 Å². The highest BCUT2D eigenvalue weighted by Crippen LogP contribution is 2.22. The summed E-state index contributed by atoms with van der Waals surface area (Å²) in [5.41, 5.74) is 4.57. The van der Waals surface area contributed by atoms with Gasteiger partial charge < -0.3 is 4.74 Å². The molecule has 5 heteroatoms. The molecular weight excluding hydrogens is 288 g/mol. The van der Waals surface area contributed by atoms with Crippen molar-refractivity contribution in [3.63, 3.8) is 0 Å². The van der Waals surface area contributed by atoms with Crippen LogP contribution in [0.3, 0.4) is 0 Å². The highest BCUT2D eigenvalue weighted by Gasteiger charge is 2.16. The summed E-state index contributed by atoms with van der Waals surface area (Å²) in [6, 6.07) is 5.31. The van der Waals surface area contributed by atoms with Gasteiger partial charge in [0.15, 0.2) is 6.61 Å². The van der Waals surface area contributed by atoms with Gasteiger partial charge in [-0.15, -0.1) is 0 Å². The third-order valence-electron chi connectivity index (χ3n) is 3.71. The number of nitrogens with one attached hydrogen (secondary N) is 1. The van der Waals surface area contributed by atoms with Gasteiger partial charge in [-0.05, 0) is 55.9 Å². The van der Waals surface area contributed by atoms with E-state index >= 15 is 0 Å². The lowest BCUT2D eigenvalue weighted by Crippen LogP contribution is -2.28. The monoisotopic (exact) mass is 308 g/mol. The van der Waals surface area contributed by atoms with Crippen molar-refractivity contribution in [3.8, 4) is 5.75 Å². The highest BCUT2D eigenvalue weighted by atomic mass is 35.5. The van der Waals surface area contributed by atoms with E-state index in [-0.39, 0.29) is 12.5 Å². The molecule has 0 aromatic heterocycles. The van der Waals surface area contributed by atoms with Crippen LogP contribution in [0.25, 0.3) is 0 Å². The molecule has 1 atom stereocenters. The van der Waals surface area contributed by atoms with Crippen molar-refractivity contribution in [3.05, 3.63) is 28.8 Å². The molecule has 1 aliphatic carbocycles. The van der Waals surface area contributed by atoms with Crippen LogP contribution in [0.4, 0.5) is 0 Å². The molecule has 0 aliphatic heterocycles. The second kappa shape index (κ2) is 7.46. The molecule has 1 aliphatic rings. The lowest BCUT2D eigenvalue weighted by molar-refractivity contribution is -0.123. The topological polar surface area (TPSA) is 50.7 Å². The zero-order valence-electron chi connectivity index (χ0n) is 12.5. The number of nitrogens with zero attached hydrogens (tertiary/aromatic N) is 1. The van der Waals surface area contributed by atoms with E-state index in [2.05, 4.69) is 17.5 Å². The molecule has 0 saturated heterocycles. The molecular formula is C16H21ClN2O2. The molecule has 0 radical (unpaired) electrons. The highest BCUT2D eigenvalue weighted by molar-refractivity contribution is 6.30. The molecule has 0 bridgehead atoms. The molecule has 114 valence electrons. The Labute approximate surface area is 130 Å². The molecule has 0 spiro atoms. The van der Waals surface area contributed by atoms with Gasteiger partial charge in [0.05, 0.1) is 0 Å². The van der Waals surface area contributed by atoms with Gasteiger partial charge in [0, 0.05) is 10.7 Å². The van der Waals surface area contributed by atoms with Crippen LogP contribution in [0.2, 0.25) is 5.02 Å². The SMILES string of the molecule is Cc1cc(Cl)ccc1OCC(=O)N/N=C1/CCCCC1C. The molecule has 2 rings (SSSR count). The summed E-state index contributed by atoms with van der Waals surface area (Å²) in [5.74, 6) is 0.876. The number of carbonyl (C=O) groups excluding carboxylic acids is 1. The van der Waals surface area contributed by atoms with Crippen LogP contribution in [0.1, 0.15) is 38.2 Å². The van der Waals surface area contributed by atoms with Crippen molar-refractivity contribution in [2.75, 3.05) is 6.61 Å². The Hall–Kier alpha value is -1.55. The fraction of sp³-hybridized carbons (Fsp3) is 0.500. The van der Waals surface area contributed by atoms with Crippen molar-refractivity contribution < 1.29 is 9.53 Å². The summed E-state index contributed by atoms with van der Waals surface area (Å²) in [6.45, 7) is 3.99. The Balaban J connectivity index is 1.83. The Morgan fingerprint density at radius 1 is 1.48 bits per heavy atom. The van der Waals surface area contributed by atoms with Gasteiger partial charge in [0.25, 0.3) is 5.91 Å². The lowest BCUT2D eigenvalue weighted by Gasteiger charge is -2.19. The first kappa shape index (κ1) is 15.8. The predicted molar refractivity (Wildman–Crippen MR) is 84.9 cm³/mol. The predicted octanol–water partition coefficient (Wildman–Crippen LogP) is 3.71. The number of aryl methyl sites for hydroxylation is 1.